The number of halogens is 1. The zero-order valence-electron chi connectivity index (χ0n) is 17.2. The molecule has 1 spiro atoms. The van der Waals surface area contributed by atoms with Crippen LogP contribution < -0.4 is 5.32 Å². The summed E-state index contributed by atoms with van der Waals surface area (Å²) >= 11 is 3.58. The summed E-state index contributed by atoms with van der Waals surface area (Å²) < 4.78 is 2.23. The van der Waals surface area contributed by atoms with E-state index in [0.717, 1.165) is 53.3 Å². The molecule has 152 valence electrons. The van der Waals surface area contributed by atoms with Gasteiger partial charge in [0, 0.05) is 45.8 Å². The van der Waals surface area contributed by atoms with Crippen LogP contribution in [0, 0.1) is 5.92 Å². The Morgan fingerprint density at radius 2 is 2.00 bits per heavy atom. The van der Waals surface area contributed by atoms with E-state index in [2.05, 4.69) is 82.8 Å². The highest BCUT2D eigenvalue weighted by Gasteiger charge is 2.68. The molecule has 30 heavy (non-hydrogen) atoms. The number of quaternary nitrogens is 1. The molecule has 4 aliphatic rings. The van der Waals surface area contributed by atoms with Crippen molar-refractivity contribution in [1.82, 2.24) is 0 Å². The van der Waals surface area contributed by atoms with E-state index in [-0.39, 0.29) is 11.3 Å². The SMILES string of the molecule is C/C=C1/C[N@@+]2(Cc3ccc(Br)cc3)CC[C@]34C(=C(C=O)[C@H]1C[C@@H]32)Nc1ccccc14. The molecular formula is C26H26BrN2O+. The zero-order chi connectivity index (χ0) is 20.5. The average Bonchev–Trinajstić information content (AvgIpc) is 3.29. The fourth-order valence-corrected chi connectivity index (χ4v) is 7.35. The Balaban J connectivity index is 1.56. The fraction of sp³-hybridized carbons (Fsp3) is 0.346. The van der Waals surface area contributed by atoms with Gasteiger partial charge < -0.3 is 9.80 Å². The first-order valence-corrected chi connectivity index (χ1v) is 11.7. The number of anilines is 1. The standard InChI is InChI=1S/C26H25BrN2O/c1-2-18-15-29(14-17-7-9-19(27)10-8-17)12-11-26-22-5-3-4-6-23(22)28-25(26)21(16-30)20(18)13-24(26)29/h2-10,16,20,24H,11-15H2,1H3/p+1/b18-2-/t20-,24-,26+,29-/m0/s1. The summed E-state index contributed by atoms with van der Waals surface area (Å²) in [5.74, 6) is 0.261. The van der Waals surface area contributed by atoms with E-state index in [9.17, 15) is 4.79 Å². The van der Waals surface area contributed by atoms with Crippen LogP contribution >= 0.6 is 15.9 Å². The van der Waals surface area contributed by atoms with E-state index in [1.165, 1.54) is 28.1 Å². The van der Waals surface area contributed by atoms with Crippen molar-refractivity contribution >= 4 is 27.9 Å². The Hall–Kier alpha value is -2.17. The van der Waals surface area contributed by atoms with Crippen LogP contribution in [0.15, 0.2) is 75.9 Å². The number of carbonyl (C=O) groups is 1. The van der Waals surface area contributed by atoms with Crippen LogP contribution in [0.4, 0.5) is 5.69 Å². The first-order chi connectivity index (χ1) is 14.6. The number of piperidine rings is 1. The Morgan fingerprint density at radius 3 is 2.77 bits per heavy atom. The molecule has 6 rings (SSSR count). The predicted octanol–water partition coefficient (Wildman–Crippen LogP) is 5.33. The Bertz CT molecular complexity index is 1120. The second-order valence-electron chi connectivity index (χ2n) is 9.39. The van der Waals surface area contributed by atoms with Gasteiger partial charge in [0.15, 0.2) is 0 Å². The summed E-state index contributed by atoms with van der Waals surface area (Å²) in [7, 11) is 0. The van der Waals surface area contributed by atoms with E-state index < -0.39 is 0 Å². The maximum atomic E-state index is 12.4. The second-order valence-corrected chi connectivity index (χ2v) is 10.3. The minimum atomic E-state index is -0.0437. The third-order valence-electron chi connectivity index (χ3n) is 8.27. The number of rotatable bonds is 3. The van der Waals surface area contributed by atoms with Gasteiger partial charge in [0.1, 0.15) is 25.4 Å². The molecule has 2 saturated heterocycles. The van der Waals surface area contributed by atoms with E-state index in [0.29, 0.717) is 6.04 Å². The molecular weight excluding hydrogens is 436 g/mol. The van der Waals surface area contributed by atoms with E-state index in [4.69, 9.17) is 0 Å². The molecule has 2 aromatic rings. The largest absolute Gasteiger partial charge is 0.357 e. The van der Waals surface area contributed by atoms with Crippen LogP contribution in [0.2, 0.25) is 0 Å². The van der Waals surface area contributed by atoms with Gasteiger partial charge in [-0.05, 0) is 36.3 Å². The van der Waals surface area contributed by atoms with E-state index >= 15 is 0 Å². The number of nitrogens with one attached hydrogen (secondary N) is 1. The van der Waals surface area contributed by atoms with Crippen molar-refractivity contribution in [2.45, 2.75) is 37.8 Å². The predicted molar refractivity (Wildman–Crippen MR) is 123 cm³/mol. The topological polar surface area (TPSA) is 29.1 Å². The van der Waals surface area contributed by atoms with Gasteiger partial charge in [0.25, 0.3) is 0 Å². The minimum Gasteiger partial charge on any atom is -0.357 e. The van der Waals surface area contributed by atoms with E-state index in [1.807, 2.05) is 0 Å². The van der Waals surface area contributed by atoms with Gasteiger partial charge in [0.05, 0.1) is 12.0 Å². The molecule has 1 N–H and O–H groups in total. The quantitative estimate of drug-likeness (QED) is 0.379. The third kappa shape index (κ3) is 2.27. The molecule has 0 unspecified atom stereocenters. The summed E-state index contributed by atoms with van der Waals surface area (Å²) in [6, 6.07) is 18.1. The first-order valence-electron chi connectivity index (χ1n) is 10.9. The number of hydrogen-bond donors (Lipinski definition) is 1. The summed E-state index contributed by atoms with van der Waals surface area (Å²) in [5, 5.41) is 3.72. The smallest absolute Gasteiger partial charge is 0.148 e. The lowest BCUT2D eigenvalue weighted by molar-refractivity contribution is -0.954. The molecule has 3 aliphatic heterocycles. The van der Waals surface area contributed by atoms with Gasteiger partial charge in [-0.3, -0.25) is 4.79 Å². The van der Waals surface area contributed by atoms with Gasteiger partial charge in [-0.1, -0.05) is 52.3 Å². The summed E-state index contributed by atoms with van der Waals surface area (Å²) in [6.07, 6.45) is 5.60. The van der Waals surface area contributed by atoms with Crippen molar-refractivity contribution in [3.05, 3.63) is 87.0 Å². The second kappa shape index (κ2) is 6.41. The molecule has 1 aliphatic carbocycles. The number of allylic oxidation sites excluding steroid dienone is 2. The highest BCUT2D eigenvalue weighted by atomic mass is 79.9. The normalized spacial score (nSPS) is 34.5. The molecule has 0 amide bonds. The number of aldehydes is 1. The summed E-state index contributed by atoms with van der Waals surface area (Å²) in [6.45, 7) is 5.40. The van der Waals surface area contributed by atoms with Gasteiger partial charge in [0.2, 0.25) is 0 Å². The average molecular weight is 462 g/mol. The molecule has 3 heterocycles. The Labute approximate surface area is 186 Å². The lowest BCUT2D eigenvalue weighted by Crippen LogP contribution is -2.62. The monoisotopic (exact) mass is 461 g/mol. The maximum absolute atomic E-state index is 12.4. The number of hydrogen-bond acceptors (Lipinski definition) is 2. The number of para-hydroxylation sites is 1. The number of fused-ring (bicyclic) bond motifs is 2. The molecule has 0 aromatic heterocycles. The molecule has 3 nitrogen and oxygen atoms in total. The molecule has 4 atom stereocenters. The van der Waals surface area contributed by atoms with Crippen molar-refractivity contribution in [3.63, 3.8) is 0 Å². The van der Waals surface area contributed by atoms with Crippen LogP contribution in [0.3, 0.4) is 0 Å². The van der Waals surface area contributed by atoms with Crippen molar-refractivity contribution in [2.75, 3.05) is 18.4 Å². The maximum Gasteiger partial charge on any atom is 0.148 e. The highest BCUT2D eigenvalue weighted by Crippen LogP contribution is 2.63. The third-order valence-corrected chi connectivity index (χ3v) is 8.80. The fourth-order valence-electron chi connectivity index (χ4n) is 7.08. The first kappa shape index (κ1) is 18.6. The van der Waals surface area contributed by atoms with Crippen molar-refractivity contribution < 1.29 is 9.28 Å². The van der Waals surface area contributed by atoms with Gasteiger partial charge in [-0.15, -0.1) is 0 Å². The summed E-state index contributed by atoms with van der Waals surface area (Å²) in [5.41, 5.74) is 7.60. The molecule has 2 fully saturated rings. The van der Waals surface area contributed by atoms with Crippen LogP contribution in [0.5, 0.6) is 0 Å². The molecule has 2 bridgehead atoms. The van der Waals surface area contributed by atoms with Crippen molar-refractivity contribution in [3.8, 4) is 0 Å². The van der Waals surface area contributed by atoms with Crippen LogP contribution in [0.1, 0.15) is 30.9 Å². The van der Waals surface area contributed by atoms with Crippen molar-refractivity contribution in [2.24, 2.45) is 5.92 Å². The van der Waals surface area contributed by atoms with Gasteiger partial charge in [-0.25, -0.2) is 0 Å². The molecule has 0 saturated carbocycles. The summed E-state index contributed by atoms with van der Waals surface area (Å²) in [4.78, 5) is 12.4. The Morgan fingerprint density at radius 1 is 1.20 bits per heavy atom. The highest BCUT2D eigenvalue weighted by molar-refractivity contribution is 9.10. The number of benzene rings is 2. The van der Waals surface area contributed by atoms with Crippen LogP contribution in [0.25, 0.3) is 0 Å². The minimum absolute atomic E-state index is 0.0437. The van der Waals surface area contributed by atoms with Crippen LogP contribution in [-0.4, -0.2) is 29.9 Å². The number of carbonyl (C=O) groups excluding carboxylic acids is 1. The lowest BCUT2D eigenvalue weighted by atomic mass is 9.61. The van der Waals surface area contributed by atoms with E-state index in [1.54, 1.807) is 0 Å². The Kier molecular flexibility index (Phi) is 3.97. The number of nitrogens with zero attached hydrogens (tertiary/aromatic N) is 1. The molecule has 4 heteroatoms. The zero-order valence-corrected chi connectivity index (χ0v) is 18.8. The molecule has 2 aromatic carbocycles. The molecule has 0 radical (unpaired) electrons. The van der Waals surface area contributed by atoms with Crippen LogP contribution in [-0.2, 0) is 16.8 Å². The van der Waals surface area contributed by atoms with Crippen molar-refractivity contribution in [1.29, 1.82) is 0 Å². The van der Waals surface area contributed by atoms with Gasteiger partial charge >= 0.3 is 0 Å². The van der Waals surface area contributed by atoms with Gasteiger partial charge in [-0.2, -0.15) is 0 Å². The lowest BCUT2D eigenvalue weighted by Gasteiger charge is -2.53.